The summed E-state index contributed by atoms with van der Waals surface area (Å²) >= 11 is 0. The smallest absolute Gasteiger partial charge is 0.335 e. The first-order valence-electron chi connectivity index (χ1n) is 5.89. The van der Waals surface area contributed by atoms with Crippen molar-refractivity contribution in [3.8, 4) is 0 Å². The van der Waals surface area contributed by atoms with Crippen LogP contribution in [0, 0.1) is 6.92 Å². The zero-order chi connectivity index (χ0) is 13.5. The van der Waals surface area contributed by atoms with E-state index in [9.17, 15) is 9.59 Å². The molecule has 0 aliphatic heterocycles. The Morgan fingerprint density at radius 2 is 2.06 bits per heavy atom. The summed E-state index contributed by atoms with van der Waals surface area (Å²) in [7, 11) is 0. The molecule has 18 heavy (non-hydrogen) atoms. The predicted octanol–water partition coefficient (Wildman–Crippen LogP) is 1.63. The van der Waals surface area contributed by atoms with Gasteiger partial charge in [-0.2, -0.15) is 0 Å². The normalized spacial score (nSPS) is 10.1. The van der Waals surface area contributed by atoms with E-state index in [2.05, 4.69) is 10.6 Å². The van der Waals surface area contributed by atoms with Crippen molar-refractivity contribution in [2.45, 2.75) is 20.3 Å². The van der Waals surface area contributed by atoms with Crippen molar-refractivity contribution < 1.29 is 14.7 Å². The fourth-order valence-corrected chi connectivity index (χ4v) is 1.51. The van der Waals surface area contributed by atoms with Crippen LogP contribution in [0.1, 0.15) is 29.3 Å². The lowest BCUT2D eigenvalue weighted by Gasteiger charge is -2.09. The molecule has 1 rings (SSSR count). The van der Waals surface area contributed by atoms with E-state index in [1.807, 2.05) is 6.92 Å². The third-order valence-electron chi connectivity index (χ3n) is 2.46. The molecule has 1 aromatic rings. The zero-order valence-electron chi connectivity index (χ0n) is 10.6. The Kier molecular flexibility index (Phi) is 5.32. The Balaban J connectivity index is 2.62. The van der Waals surface area contributed by atoms with Crippen molar-refractivity contribution in [2.24, 2.45) is 0 Å². The number of carboxylic acids is 1. The minimum Gasteiger partial charge on any atom is -0.478 e. The molecule has 5 nitrogen and oxygen atoms in total. The Morgan fingerprint density at radius 1 is 1.33 bits per heavy atom. The molecule has 0 fully saturated rings. The molecular formula is C13H18N2O3. The van der Waals surface area contributed by atoms with E-state index in [0.717, 1.165) is 18.5 Å². The van der Waals surface area contributed by atoms with E-state index in [0.29, 0.717) is 5.69 Å². The van der Waals surface area contributed by atoms with E-state index in [1.54, 1.807) is 13.0 Å². The second-order valence-electron chi connectivity index (χ2n) is 4.06. The first-order valence-corrected chi connectivity index (χ1v) is 5.89. The SMILES string of the molecule is CCCNCC(=O)Nc1ccc(C(=O)O)cc1C. The van der Waals surface area contributed by atoms with Gasteiger partial charge in [-0.1, -0.05) is 6.92 Å². The van der Waals surface area contributed by atoms with Crippen LogP contribution in [0.25, 0.3) is 0 Å². The van der Waals surface area contributed by atoms with Gasteiger partial charge in [-0.3, -0.25) is 4.79 Å². The lowest BCUT2D eigenvalue weighted by atomic mass is 10.1. The van der Waals surface area contributed by atoms with Crippen LogP contribution in [0.15, 0.2) is 18.2 Å². The minimum absolute atomic E-state index is 0.130. The second-order valence-corrected chi connectivity index (χ2v) is 4.06. The van der Waals surface area contributed by atoms with Crippen LogP contribution in [0.2, 0.25) is 0 Å². The molecule has 0 saturated carbocycles. The molecule has 0 spiro atoms. The fourth-order valence-electron chi connectivity index (χ4n) is 1.51. The number of benzene rings is 1. The van der Waals surface area contributed by atoms with Crippen LogP contribution in [0.5, 0.6) is 0 Å². The number of nitrogens with one attached hydrogen (secondary N) is 2. The summed E-state index contributed by atoms with van der Waals surface area (Å²) in [5, 5.41) is 14.6. The molecule has 0 saturated heterocycles. The molecule has 0 atom stereocenters. The minimum atomic E-state index is -0.972. The van der Waals surface area contributed by atoms with Gasteiger partial charge in [-0.05, 0) is 43.7 Å². The number of amides is 1. The zero-order valence-corrected chi connectivity index (χ0v) is 10.6. The van der Waals surface area contributed by atoms with Gasteiger partial charge in [0.2, 0.25) is 5.91 Å². The van der Waals surface area contributed by atoms with Gasteiger partial charge in [0.15, 0.2) is 0 Å². The third-order valence-corrected chi connectivity index (χ3v) is 2.46. The summed E-state index contributed by atoms with van der Waals surface area (Å²) in [5.74, 6) is -1.10. The lowest BCUT2D eigenvalue weighted by molar-refractivity contribution is -0.115. The first-order chi connectivity index (χ1) is 8.54. The summed E-state index contributed by atoms with van der Waals surface area (Å²) < 4.78 is 0. The van der Waals surface area contributed by atoms with Crippen molar-refractivity contribution in [2.75, 3.05) is 18.4 Å². The number of aryl methyl sites for hydroxylation is 1. The monoisotopic (exact) mass is 250 g/mol. The van der Waals surface area contributed by atoms with Crippen molar-refractivity contribution >= 4 is 17.6 Å². The summed E-state index contributed by atoms with van der Waals surface area (Å²) in [5.41, 5.74) is 1.59. The first kappa shape index (κ1) is 14.2. The van der Waals surface area contributed by atoms with Gasteiger partial charge >= 0.3 is 5.97 Å². The third kappa shape index (κ3) is 4.18. The van der Waals surface area contributed by atoms with Crippen LogP contribution in [0.4, 0.5) is 5.69 Å². The Bertz CT molecular complexity index is 444. The number of hydrogen-bond donors (Lipinski definition) is 3. The molecule has 0 heterocycles. The highest BCUT2D eigenvalue weighted by Crippen LogP contribution is 2.16. The van der Waals surface area contributed by atoms with E-state index in [4.69, 9.17) is 5.11 Å². The molecule has 0 aliphatic rings. The number of rotatable bonds is 6. The average molecular weight is 250 g/mol. The van der Waals surface area contributed by atoms with Gasteiger partial charge in [-0.15, -0.1) is 0 Å². The van der Waals surface area contributed by atoms with E-state index >= 15 is 0 Å². The van der Waals surface area contributed by atoms with Gasteiger partial charge in [-0.25, -0.2) is 4.79 Å². The number of carbonyl (C=O) groups excluding carboxylic acids is 1. The van der Waals surface area contributed by atoms with Crippen molar-refractivity contribution in [1.29, 1.82) is 0 Å². The quantitative estimate of drug-likeness (QED) is 0.670. The lowest BCUT2D eigenvalue weighted by Crippen LogP contribution is -2.28. The van der Waals surface area contributed by atoms with Gasteiger partial charge in [0.1, 0.15) is 0 Å². The molecule has 98 valence electrons. The average Bonchev–Trinajstić information content (AvgIpc) is 2.32. The van der Waals surface area contributed by atoms with E-state index in [-0.39, 0.29) is 18.0 Å². The molecule has 0 radical (unpaired) electrons. The van der Waals surface area contributed by atoms with Crippen molar-refractivity contribution in [1.82, 2.24) is 5.32 Å². The maximum absolute atomic E-state index is 11.6. The molecule has 0 unspecified atom stereocenters. The second kappa shape index (κ2) is 6.76. The Labute approximate surface area is 106 Å². The molecule has 0 aromatic heterocycles. The van der Waals surface area contributed by atoms with Gasteiger partial charge in [0.05, 0.1) is 12.1 Å². The van der Waals surface area contributed by atoms with Crippen molar-refractivity contribution in [3.05, 3.63) is 29.3 Å². The van der Waals surface area contributed by atoms with Crippen LogP contribution < -0.4 is 10.6 Å². The topological polar surface area (TPSA) is 78.4 Å². The highest BCUT2D eigenvalue weighted by atomic mass is 16.4. The molecule has 1 amide bonds. The number of carboxylic acid groups (broad SMARTS) is 1. The summed E-state index contributed by atoms with van der Waals surface area (Å²) in [6, 6.07) is 4.62. The van der Waals surface area contributed by atoms with Crippen molar-refractivity contribution in [3.63, 3.8) is 0 Å². The number of hydrogen-bond acceptors (Lipinski definition) is 3. The van der Waals surface area contributed by atoms with Gasteiger partial charge in [0, 0.05) is 5.69 Å². The van der Waals surface area contributed by atoms with Crippen LogP contribution >= 0.6 is 0 Å². The molecular weight excluding hydrogens is 232 g/mol. The summed E-state index contributed by atoms with van der Waals surface area (Å²) in [6.45, 7) is 4.85. The largest absolute Gasteiger partial charge is 0.478 e. The number of aromatic carboxylic acids is 1. The maximum atomic E-state index is 11.6. The van der Waals surface area contributed by atoms with Crippen LogP contribution in [-0.4, -0.2) is 30.1 Å². The highest BCUT2D eigenvalue weighted by molar-refractivity contribution is 5.94. The molecule has 0 aliphatic carbocycles. The maximum Gasteiger partial charge on any atom is 0.335 e. The molecule has 0 bridgehead atoms. The van der Waals surface area contributed by atoms with Crippen LogP contribution in [0.3, 0.4) is 0 Å². The fraction of sp³-hybridized carbons (Fsp3) is 0.385. The number of anilines is 1. The van der Waals surface area contributed by atoms with Gasteiger partial charge in [0.25, 0.3) is 0 Å². The summed E-state index contributed by atoms with van der Waals surface area (Å²) in [6.07, 6.45) is 0.972. The standard InChI is InChI=1S/C13H18N2O3/c1-3-6-14-8-12(16)15-11-5-4-10(13(17)18)7-9(11)2/h4-5,7,14H,3,6,8H2,1-2H3,(H,15,16)(H,17,18). The predicted molar refractivity (Wildman–Crippen MR) is 69.9 cm³/mol. The van der Waals surface area contributed by atoms with E-state index < -0.39 is 5.97 Å². The molecule has 3 N–H and O–H groups in total. The molecule has 5 heteroatoms. The Morgan fingerprint density at radius 3 is 2.61 bits per heavy atom. The Hall–Kier alpha value is -1.88. The highest BCUT2D eigenvalue weighted by Gasteiger charge is 2.07. The number of carbonyl (C=O) groups is 2. The summed E-state index contributed by atoms with van der Waals surface area (Å²) in [4.78, 5) is 22.3. The molecule has 1 aromatic carbocycles. The van der Waals surface area contributed by atoms with E-state index in [1.165, 1.54) is 12.1 Å². The van der Waals surface area contributed by atoms with Gasteiger partial charge < -0.3 is 15.7 Å². The van der Waals surface area contributed by atoms with Crippen LogP contribution in [-0.2, 0) is 4.79 Å².